The van der Waals surface area contributed by atoms with Crippen molar-refractivity contribution in [1.82, 2.24) is 5.32 Å². The van der Waals surface area contributed by atoms with Crippen LogP contribution in [-0.4, -0.2) is 24.3 Å². The first-order chi connectivity index (χ1) is 7.54. The van der Waals surface area contributed by atoms with Gasteiger partial charge in [-0.1, -0.05) is 17.7 Å². The summed E-state index contributed by atoms with van der Waals surface area (Å²) in [7, 11) is 0. The van der Waals surface area contributed by atoms with Crippen LogP contribution in [0.15, 0.2) is 12.1 Å². The Kier molecular flexibility index (Phi) is 4.93. The maximum atomic E-state index is 8.81. The fourth-order valence-electron chi connectivity index (χ4n) is 1.94. The number of rotatable bonds is 5. The van der Waals surface area contributed by atoms with Gasteiger partial charge in [0.25, 0.3) is 0 Å². The highest BCUT2D eigenvalue weighted by molar-refractivity contribution is 5.37. The van der Waals surface area contributed by atoms with Crippen molar-refractivity contribution in [3.8, 4) is 0 Å². The van der Waals surface area contributed by atoms with E-state index in [4.69, 9.17) is 10.8 Å². The third-order valence-corrected chi connectivity index (χ3v) is 2.78. The number of aliphatic hydroxyl groups is 1. The molecule has 0 aliphatic heterocycles. The standard InChI is InChI=1S/C13H22N2O/c1-9-4-10(2)13(11(3)5-9)7-15-6-12(14)8-16/h4-5,12,15-16H,6-8,14H2,1-3H3. The van der Waals surface area contributed by atoms with Crippen LogP contribution in [0.3, 0.4) is 0 Å². The molecule has 0 saturated heterocycles. The van der Waals surface area contributed by atoms with Crippen LogP contribution >= 0.6 is 0 Å². The Hall–Kier alpha value is -0.900. The summed E-state index contributed by atoms with van der Waals surface area (Å²) in [6.45, 7) is 7.85. The number of nitrogens with one attached hydrogen (secondary N) is 1. The van der Waals surface area contributed by atoms with Gasteiger partial charge in [-0.2, -0.15) is 0 Å². The van der Waals surface area contributed by atoms with E-state index in [1.54, 1.807) is 0 Å². The van der Waals surface area contributed by atoms with Gasteiger partial charge in [-0.15, -0.1) is 0 Å². The molecule has 0 bridgehead atoms. The fraction of sp³-hybridized carbons (Fsp3) is 0.538. The lowest BCUT2D eigenvalue weighted by molar-refractivity contribution is 0.262. The van der Waals surface area contributed by atoms with Gasteiger partial charge in [0, 0.05) is 19.1 Å². The topological polar surface area (TPSA) is 58.3 Å². The molecule has 1 aromatic carbocycles. The van der Waals surface area contributed by atoms with Crippen LogP contribution in [0.2, 0.25) is 0 Å². The molecule has 3 nitrogen and oxygen atoms in total. The monoisotopic (exact) mass is 222 g/mol. The summed E-state index contributed by atoms with van der Waals surface area (Å²) in [6.07, 6.45) is 0. The Labute approximate surface area is 97.7 Å². The maximum absolute atomic E-state index is 8.81. The van der Waals surface area contributed by atoms with Crippen molar-refractivity contribution in [1.29, 1.82) is 0 Å². The molecule has 0 aliphatic rings. The van der Waals surface area contributed by atoms with E-state index >= 15 is 0 Å². The molecule has 1 unspecified atom stereocenters. The third-order valence-electron chi connectivity index (χ3n) is 2.78. The van der Waals surface area contributed by atoms with E-state index in [9.17, 15) is 0 Å². The molecule has 0 aromatic heterocycles. The Morgan fingerprint density at radius 3 is 2.31 bits per heavy atom. The van der Waals surface area contributed by atoms with Crippen LogP contribution in [0.4, 0.5) is 0 Å². The lowest BCUT2D eigenvalue weighted by Gasteiger charge is -2.14. The van der Waals surface area contributed by atoms with Crippen molar-refractivity contribution in [3.63, 3.8) is 0 Å². The second kappa shape index (κ2) is 5.99. The first kappa shape index (κ1) is 13.2. The van der Waals surface area contributed by atoms with Crippen LogP contribution < -0.4 is 11.1 Å². The zero-order valence-electron chi connectivity index (χ0n) is 10.4. The number of hydrogen-bond donors (Lipinski definition) is 3. The normalized spacial score (nSPS) is 12.8. The number of nitrogens with two attached hydrogens (primary N) is 1. The summed E-state index contributed by atoms with van der Waals surface area (Å²) in [4.78, 5) is 0. The van der Waals surface area contributed by atoms with Gasteiger partial charge in [-0.3, -0.25) is 0 Å². The van der Waals surface area contributed by atoms with Crippen molar-refractivity contribution in [3.05, 3.63) is 34.4 Å². The highest BCUT2D eigenvalue weighted by Gasteiger charge is 2.04. The molecule has 0 amide bonds. The first-order valence-corrected chi connectivity index (χ1v) is 5.68. The molecule has 90 valence electrons. The summed E-state index contributed by atoms with van der Waals surface area (Å²) >= 11 is 0. The van der Waals surface area contributed by atoms with Gasteiger partial charge in [0.05, 0.1) is 6.61 Å². The minimum Gasteiger partial charge on any atom is -0.395 e. The van der Waals surface area contributed by atoms with Crippen molar-refractivity contribution in [2.75, 3.05) is 13.2 Å². The van der Waals surface area contributed by atoms with Crippen LogP contribution in [0.5, 0.6) is 0 Å². The van der Waals surface area contributed by atoms with Gasteiger partial charge in [0.1, 0.15) is 0 Å². The average Bonchev–Trinajstić information content (AvgIpc) is 2.21. The molecule has 4 N–H and O–H groups in total. The summed E-state index contributed by atoms with van der Waals surface area (Å²) in [5.41, 5.74) is 10.9. The quantitative estimate of drug-likeness (QED) is 0.697. The second-order valence-corrected chi connectivity index (χ2v) is 4.45. The SMILES string of the molecule is Cc1cc(C)c(CNCC(N)CO)c(C)c1. The molecule has 16 heavy (non-hydrogen) atoms. The van der Waals surface area contributed by atoms with E-state index in [-0.39, 0.29) is 12.6 Å². The minimum atomic E-state index is -0.175. The molecule has 0 spiro atoms. The first-order valence-electron chi connectivity index (χ1n) is 5.68. The highest BCUT2D eigenvalue weighted by Crippen LogP contribution is 2.15. The zero-order valence-corrected chi connectivity index (χ0v) is 10.4. The van der Waals surface area contributed by atoms with Gasteiger partial charge in [-0.25, -0.2) is 0 Å². The van der Waals surface area contributed by atoms with Crippen molar-refractivity contribution >= 4 is 0 Å². The molecule has 0 radical (unpaired) electrons. The molecule has 3 heteroatoms. The Balaban J connectivity index is 2.60. The molecule has 0 heterocycles. The molecule has 0 aliphatic carbocycles. The van der Waals surface area contributed by atoms with E-state index in [2.05, 4.69) is 38.2 Å². The largest absolute Gasteiger partial charge is 0.395 e. The van der Waals surface area contributed by atoms with Crippen molar-refractivity contribution in [2.45, 2.75) is 33.4 Å². The average molecular weight is 222 g/mol. The second-order valence-electron chi connectivity index (χ2n) is 4.45. The van der Waals surface area contributed by atoms with Crippen LogP contribution in [-0.2, 0) is 6.54 Å². The zero-order chi connectivity index (χ0) is 12.1. The van der Waals surface area contributed by atoms with Crippen molar-refractivity contribution < 1.29 is 5.11 Å². The van der Waals surface area contributed by atoms with Gasteiger partial charge in [0.2, 0.25) is 0 Å². The molecular formula is C13H22N2O. The molecule has 1 atom stereocenters. The maximum Gasteiger partial charge on any atom is 0.0594 e. The van der Waals surface area contributed by atoms with Crippen LogP contribution in [0.1, 0.15) is 22.3 Å². The van der Waals surface area contributed by atoms with Gasteiger partial charge in [-0.05, 0) is 37.5 Å². The Morgan fingerprint density at radius 1 is 1.25 bits per heavy atom. The highest BCUT2D eigenvalue weighted by atomic mass is 16.3. The molecule has 0 fully saturated rings. The molecule has 0 saturated carbocycles. The number of aryl methyl sites for hydroxylation is 3. The Bertz CT molecular complexity index is 327. The fourth-order valence-corrected chi connectivity index (χ4v) is 1.94. The number of aliphatic hydroxyl groups excluding tert-OH is 1. The van der Waals surface area contributed by atoms with E-state index in [0.29, 0.717) is 6.54 Å². The molecule has 1 aromatic rings. The number of hydrogen-bond acceptors (Lipinski definition) is 3. The molecular weight excluding hydrogens is 200 g/mol. The van der Waals surface area contributed by atoms with E-state index in [0.717, 1.165) is 6.54 Å². The third kappa shape index (κ3) is 3.59. The summed E-state index contributed by atoms with van der Waals surface area (Å²) in [5, 5.41) is 12.1. The smallest absolute Gasteiger partial charge is 0.0594 e. The number of benzene rings is 1. The van der Waals surface area contributed by atoms with Crippen LogP contribution in [0.25, 0.3) is 0 Å². The lowest BCUT2D eigenvalue weighted by atomic mass is 10.00. The Morgan fingerprint density at radius 2 is 1.81 bits per heavy atom. The van der Waals surface area contributed by atoms with Crippen molar-refractivity contribution in [2.24, 2.45) is 5.73 Å². The van der Waals surface area contributed by atoms with E-state index in [1.165, 1.54) is 22.3 Å². The predicted molar refractivity (Wildman–Crippen MR) is 67.4 cm³/mol. The minimum absolute atomic E-state index is 0.0266. The summed E-state index contributed by atoms with van der Waals surface area (Å²) < 4.78 is 0. The lowest BCUT2D eigenvalue weighted by Crippen LogP contribution is -2.36. The van der Waals surface area contributed by atoms with Gasteiger partial charge in [0.15, 0.2) is 0 Å². The van der Waals surface area contributed by atoms with Gasteiger partial charge < -0.3 is 16.2 Å². The van der Waals surface area contributed by atoms with E-state index in [1.807, 2.05) is 0 Å². The summed E-state index contributed by atoms with van der Waals surface area (Å²) in [5.74, 6) is 0. The van der Waals surface area contributed by atoms with Gasteiger partial charge >= 0.3 is 0 Å². The predicted octanol–water partition coefficient (Wildman–Crippen LogP) is 1.02. The van der Waals surface area contributed by atoms with Crippen LogP contribution in [0, 0.1) is 20.8 Å². The summed E-state index contributed by atoms with van der Waals surface area (Å²) in [6, 6.07) is 4.21. The molecule has 1 rings (SSSR count). The van der Waals surface area contributed by atoms with E-state index < -0.39 is 0 Å².